The van der Waals surface area contributed by atoms with E-state index in [0.29, 0.717) is 0 Å². The van der Waals surface area contributed by atoms with Gasteiger partial charge in [0.1, 0.15) is 0 Å². The first kappa shape index (κ1) is 18.4. The molecule has 0 bridgehead atoms. The van der Waals surface area contributed by atoms with Gasteiger partial charge in [0.2, 0.25) is 0 Å². The van der Waals surface area contributed by atoms with Crippen LogP contribution in [-0.2, 0) is 0 Å². The van der Waals surface area contributed by atoms with E-state index in [1.165, 1.54) is 32.1 Å². The van der Waals surface area contributed by atoms with Gasteiger partial charge in [0.25, 0.3) is 0 Å². The van der Waals surface area contributed by atoms with Gasteiger partial charge < -0.3 is 0 Å². The fraction of sp³-hybridized carbons (Fsp3) is 0.500. The van der Waals surface area contributed by atoms with Crippen molar-refractivity contribution in [3.63, 3.8) is 0 Å². The zero-order chi connectivity index (χ0) is 12.7. The fourth-order valence-electron chi connectivity index (χ4n) is 1.27. The molecule has 6 heteroatoms. The summed E-state index contributed by atoms with van der Waals surface area (Å²) in [5.74, 6) is 0. The second kappa shape index (κ2) is 15.7. The first-order valence-corrected chi connectivity index (χ1v) is 29.8. The summed E-state index contributed by atoms with van der Waals surface area (Å²) in [7, 11) is 0. The Balaban J connectivity index is 2.20. The minimum absolute atomic E-state index is 0.845. The fourth-order valence-corrected chi connectivity index (χ4v) is 124. The van der Waals surface area contributed by atoms with Gasteiger partial charge in [-0.15, -0.1) is 0 Å². The second-order valence-corrected chi connectivity index (χ2v) is 48.4. The molecular weight excluding hydrogens is 618 g/mol. The summed E-state index contributed by atoms with van der Waals surface area (Å²) >= 11 is 6.22. The van der Waals surface area contributed by atoms with Crippen LogP contribution in [0.5, 0.6) is 0 Å². The molecule has 0 aliphatic carbocycles. The van der Waals surface area contributed by atoms with E-state index < -0.39 is 0 Å². The first-order valence-electron chi connectivity index (χ1n) is 5.93. The van der Waals surface area contributed by atoms with E-state index in [9.17, 15) is 0 Å². The van der Waals surface area contributed by atoms with E-state index in [1.54, 1.807) is 5.32 Å². The van der Waals surface area contributed by atoms with Crippen molar-refractivity contribution in [3.05, 3.63) is 35.4 Å². The van der Waals surface area contributed by atoms with Crippen molar-refractivity contribution in [2.24, 2.45) is 0 Å². The Labute approximate surface area is 142 Å². The summed E-state index contributed by atoms with van der Waals surface area (Å²) in [6.07, 6.45) is 18.3. The van der Waals surface area contributed by atoms with E-state index >= 15 is 0 Å². The van der Waals surface area contributed by atoms with Gasteiger partial charge >= 0.3 is 144 Å². The van der Waals surface area contributed by atoms with Crippen LogP contribution in [0.2, 0.25) is 5.32 Å². The molecule has 102 valence electrons. The Bertz CT molecular complexity index is 235. The molecule has 0 aromatic rings. The molecule has 0 nitrogen and oxygen atoms in total. The molecule has 18 heavy (non-hydrogen) atoms. The Hall–Kier alpha value is 2.34. The first-order chi connectivity index (χ1) is 9.00. The number of hydrogen-bond acceptors (Lipinski definition) is 0. The summed E-state index contributed by atoms with van der Waals surface area (Å²) < 4.78 is 0. The van der Waals surface area contributed by atoms with Crippen LogP contribution in [0.3, 0.4) is 0 Å². The van der Waals surface area contributed by atoms with Crippen LogP contribution in [-0.4, -0.2) is 71.5 Å². The molecule has 0 unspecified atom stereocenters. The Kier molecular flexibility index (Phi) is 16.1. The van der Waals surface area contributed by atoms with E-state index in [-0.39, 0.29) is 0 Å². The van der Waals surface area contributed by atoms with Crippen molar-refractivity contribution in [2.45, 2.75) is 37.4 Å². The number of hydrogen-bond donors (Lipinski definition) is 0. The monoisotopic (exact) mass is 642 g/mol. The summed E-state index contributed by atoms with van der Waals surface area (Å²) in [6.45, 7) is 0. The predicted molar refractivity (Wildman–Crippen MR) is 89.8 cm³/mol. The van der Waals surface area contributed by atoms with Gasteiger partial charge in [-0.25, -0.2) is 0 Å². The van der Waals surface area contributed by atoms with Crippen LogP contribution in [0.25, 0.3) is 0 Å². The zero-order valence-electron chi connectivity index (χ0n) is 10.2. The summed E-state index contributed by atoms with van der Waals surface area (Å²) in [6, 6.07) is 0. The Morgan fingerprint density at radius 2 is 1.50 bits per heavy atom. The molecule has 1 aliphatic heterocycles. The van der Waals surface area contributed by atoms with Crippen LogP contribution in [0.15, 0.2) is 35.4 Å². The molecule has 0 aromatic heterocycles. The van der Waals surface area contributed by atoms with E-state index in [2.05, 4.69) is 35.4 Å². The molecule has 0 aromatic carbocycles. The summed E-state index contributed by atoms with van der Waals surface area (Å²) in [4.78, 5) is 2.43. The maximum atomic E-state index is 2.43. The van der Waals surface area contributed by atoms with Crippen LogP contribution in [0.4, 0.5) is 0 Å². The van der Waals surface area contributed by atoms with Crippen molar-refractivity contribution in [1.82, 2.24) is 0 Å². The molecule has 1 heterocycles. The molecule has 0 amide bonds. The third-order valence-corrected chi connectivity index (χ3v) is 79.5. The van der Waals surface area contributed by atoms with Gasteiger partial charge in [-0.3, -0.25) is 0 Å². The minimum atomic E-state index is 0.845. The molecule has 0 saturated carbocycles. The van der Waals surface area contributed by atoms with Crippen molar-refractivity contribution in [3.8, 4) is 0 Å². The molecule has 0 radical (unpaired) electrons. The van der Waals surface area contributed by atoms with Gasteiger partial charge in [0, 0.05) is 0 Å². The third kappa shape index (κ3) is 13.3. The number of rotatable bonds is 0. The normalized spacial score (nSPS) is 26.7. The van der Waals surface area contributed by atoms with Gasteiger partial charge in [-0.1, -0.05) is 0 Å². The van der Waals surface area contributed by atoms with Crippen molar-refractivity contribution < 1.29 is 0 Å². The Morgan fingerprint density at radius 1 is 0.667 bits per heavy atom. The van der Waals surface area contributed by atoms with Crippen LogP contribution in [0, 0.1) is 0 Å². The van der Waals surface area contributed by atoms with Crippen molar-refractivity contribution >= 4 is 71.5 Å². The maximum absolute atomic E-state index is 2.43. The van der Waals surface area contributed by atoms with Crippen LogP contribution >= 0.6 is 0 Å². The molecule has 0 spiro atoms. The van der Waals surface area contributed by atoms with Gasteiger partial charge in [0.05, 0.1) is 0 Å². The average Bonchev–Trinajstić information content (AvgIpc) is 2.39. The van der Waals surface area contributed by atoms with Gasteiger partial charge in [-0.2, -0.15) is 0 Å². The molecule has 0 fully saturated rings. The molecule has 0 saturated heterocycles. The quantitative estimate of drug-likeness (QED) is 0.357. The van der Waals surface area contributed by atoms with Crippen LogP contribution in [0.1, 0.15) is 32.1 Å². The summed E-state index contributed by atoms with van der Waals surface area (Å²) in [5.41, 5.74) is 0. The third-order valence-electron chi connectivity index (χ3n) is 2.12. The van der Waals surface area contributed by atoms with Gasteiger partial charge in [-0.05, 0) is 0 Å². The predicted octanol–water partition coefficient (Wildman–Crippen LogP) is 1.80. The van der Waals surface area contributed by atoms with E-state index in [0.717, 1.165) is 71.5 Å². The summed E-state index contributed by atoms with van der Waals surface area (Å²) in [5, 5.41) is 1.58. The molecule has 1 rings (SSSR count). The SMILES string of the molecule is C1=C\C=C\[Se][Se][Se][Se][Se][Se]CCCCCC/C=C/1. The van der Waals surface area contributed by atoms with Crippen LogP contribution < -0.4 is 0 Å². The van der Waals surface area contributed by atoms with E-state index in [1.807, 2.05) is 0 Å². The molecular formula is C12H18Se6. The van der Waals surface area contributed by atoms with E-state index in [4.69, 9.17) is 0 Å². The van der Waals surface area contributed by atoms with Crippen molar-refractivity contribution in [1.29, 1.82) is 0 Å². The standard InChI is InChI=1S/C12H18Se6/c1-2-4-6-8-10-12-14-16-18-17-15-13-11-9-7-5-3-1/h1,3,5,7,9,11H,2,4,6,8,10,12H2/b3-1+,7-5-,11-9+. The molecule has 0 atom stereocenters. The number of allylic oxidation sites excluding steroid dienone is 5. The molecule has 1 aliphatic rings. The van der Waals surface area contributed by atoms with Gasteiger partial charge in [0.15, 0.2) is 0 Å². The molecule has 0 N–H and O–H groups in total. The zero-order valence-corrected chi connectivity index (χ0v) is 20.4. The second-order valence-electron chi connectivity index (χ2n) is 3.53. The Morgan fingerprint density at radius 3 is 2.50 bits per heavy atom. The topological polar surface area (TPSA) is 0 Å². The average molecular weight is 636 g/mol. The van der Waals surface area contributed by atoms with Crippen molar-refractivity contribution in [2.75, 3.05) is 0 Å².